The van der Waals surface area contributed by atoms with Crippen molar-refractivity contribution in [1.82, 2.24) is 5.32 Å². The van der Waals surface area contributed by atoms with Crippen molar-refractivity contribution in [2.45, 2.75) is 38.1 Å². The third kappa shape index (κ3) is 4.65. The maximum absolute atomic E-state index is 13.2. The molecule has 2 aromatic rings. The maximum atomic E-state index is 13.2. The van der Waals surface area contributed by atoms with Gasteiger partial charge in [-0.1, -0.05) is 18.2 Å². The van der Waals surface area contributed by atoms with Crippen LogP contribution in [0, 0.1) is 11.2 Å². The Hall–Kier alpha value is -2.11. The minimum Gasteiger partial charge on any atom is -0.496 e. The summed E-state index contributed by atoms with van der Waals surface area (Å²) in [5.74, 6) is 0.241. The van der Waals surface area contributed by atoms with Gasteiger partial charge in [-0.25, -0.2) is 4.39 Å². The molecule has 6 heteroatoms. The average Bonchev–Trinajstić information content (AvgIpc) is 2.69. The average molecular weight is 407 g/mol. The summed E-state index contributed by atoms with van der Waals surface area (Å²) in [5.41, 5.74) is 8.15. The van der Waals surface area contributed by atoms with Crippen LogP contribution >= 0.6 is 12.4 Å². The molecule has 2 aromatic carbocycles. The summed E-state index contributed by atoms with van der Waals surface area (Å²) in [7, 11) is 3.59. The maximum Gasteiger partial charge on any atom is 0.223 e. The van der Waals surface area contributed by atoms with E-state index in [-0.39, 0.29) is 24.1 Å². The molecule has 3 N–H and O–H groups in total. The van der Waals surface area contributed by atoms with Gasteiger partial charge in [0.05, 0.1) is 12.5 Å². The lowest BCUT2D eigenvalue weighted by molar-refractivity contribution is -0.129. The molecule has 152 valence electrons. The molecule has 1 amide bonds. The Morgan fingerprint density at radius 3 is 2.32 bits per heavy atom. The van der Waals surface area contributed by atoms with Crippen LogP contribution in [0.3, 0.4) is 0 Å². The zero-order chi connectivity index (χ0) is 19.4. The summed E-state index contributed by atoms with van der Waals surface area (Å²) in [6.07, 6.45) is 3.94. The number of methoxy groups -OCH3 is 1. The summed E-state index contributed by atoms with van der Waals surface area (Å²) >= 11 is 0. The molecule has 0 aromatic heterocycles. The third-order valence-corrected chi connectivity index (χ3v) is 5.86. The smallest absolute Gasteiger partial charge is 0.223 e. The van der Waals surface area contributed by atoms with E-state index in [2.05, 4.69) is 5.32 Å². The number of rotatable bonds is 6. The summed E-state index contributed by atoms with van der Waals surface area (Å²) in [6.45, 7) is 0. The zero-order valence-electron chi connectivity index (χ0n) is 16.3. The molecule has 0 unspecified atom stereocenters. The van der Waals surface area contributed by atoms with Crippen LogP contribution in [0.15, 0.2) is 42.5 Å². The number of primary amides is 1. The van der Waals surface area contributed by atoms with Crippen molar-refractivity contribution < 1.29 is 13.9 Å². The predicted octanol–water partition coefficient (Wildman–Crippen LogP) is 4.10. The van der Waals surface area contributed by atoms with E-state index in [0.29, 0.717) is 12.5 Å². The van der Waals surface area contributed by atoms with Crippen LogP contribution in [-0.2, 0) is 11.2 Å². The fourth-order valence-electron chi connectivity index (χ4n) is 4.07. The first kappa shape index (κ1) is 22.2. The van der Waals surface area contributed by atoms with Crippen molar-refractivity contribution in [3.8, 4) is 16.9 Å². The number of halogens is 2. The first-order chi connectivity index (χ1) is 13.0. The van der Waals surface area contributed by atoms with E-state index in [9.17, 15) is 9.18 Å². The Kier molecular flexibility index (Phi) is 7.44. The van der Waals surface area contributed by atoms with E-state index in [1.165, 1.54) is 12.1 Å². The van der Waals surface area contributed by atoms with Gasteiger partial charge in [0.25, 0.3) is 0 Å². The number of hydrogen-bond acceptors (Lipinski definition) is 3. The minimum absolute atomic E-state index is 0. The molecule has 1 saturated carbocycles. The molecule has 0 heterocycles. The summed E-state index contributed by atoms with van der Waals surface area (Å²) in [5, 5.41) is 3.29. The van der Waals surface area contributed by atoms with Crippen molar-refractivity contribution in [3.05, 3.63) is 53.8 Å². The fourth-order valence-corrected chi connectivity index (χ4v) is 4.07. The van der Waals surface area contributed by atoms with Crippen LogP contribution in [0.25, 0.3) is 11.1 Å². The predicted molar refractivity (Wildman–Crippen MR) is 112 cm³/mol. The van der Waals surface area contributed by atoms with Gasteiger partial charge in [0.1, 0.15) is 11.6 Å². The fraction of sp³-hybridized carbons (Fsp3) is 0.409. The van der Waals surface area contributed by atoms with Crippen LogP contribution in [0.4, 0.5) is 4.39 Å². The van der Waals surface area contributed by atoms with Crippen molar-refractivity contribution in [1.29, 1.82) is 0 Å². The highest BCUT2D eigenvalue weighted by Crippen LogP contribution is 2.41. The lowest BCUT2D eigenvalue weighted by atomic mass is 9.68. The molecule has 0 aliphatic heterocycles. The summed E-state index contributed by atoms with van der Waals surface area (Å²) in [6, 6.07) is 12.7. The first-order valence-electron chi connectivity index (χ1n) is 9.37. The minimum atomic E-state index is -0.554. The summed E-state index contributed by atoms with van der Waals surface area (Å²) < 4.78 is 18.8. The number of amides is 1. The van der Waals surface area contributed by atoms with Gasteiger partial charge in [-0.3, -0.25) is 4.79 Å². The lowest BCUT2D eigenvalue weighted by Crippen LogP contribution is -2.45. The van der Waals surface area contributed by atoms with E-state index in [1.54, 1.807) is 19.2 Å². The van der Waals surface area contributed by atoms with E-state index < -0.39 is 5.41 Å². The SMILES string of the molecule is CNC1CCC(Cc2cc(-c3ccc(F)cc3)ccc2OC)(C(N)=O)CC1.Cl. The van der Waals surface area contributed by atoms with Crippen molar-refractivity contribution in [2.24, 2.45) is 11.1 Å². The van der Waals surface area contributed by atoms with E-state index in [0.717, 1.165) is 48.1 Å². The molecule has 0 bridgehead atoms. The van der Waals surface area contributed by atoms with Crippen LogP contribution < -0.4 is 15.8 Å². The lowest BCUT2D eigenvalue weighted by Gasteiger charge is -2.38. The van der Waals surface area contributed by atoms with Gasteiger partial charge in [0.2, 0.25) is 5.91 Å². The second kappa shape index (κ2) is 9.39. The van der Waals surface area contributed by atoms with Gasteiger partial charge >= 0.3 is 0 Å². The molecular formula is C22H28ClFN2O2. The molecule has 4 nitrogen and oxygen atoms in total. The van der Waals surface area contributed by atoms with Gasteiger partial charge in [-0.15, -0.1) is 12.4 Å². The van der Waals surface area contributed by atoms with Gasteiger partial charge < -0.3 is 15.8 Å². The highest BCUT2D eigenvalue weighted by molar-refractivity contribution is 5.85. The monoisotopic (exact) mass is 406 g/mol. The molecule has 1 aliphatic rings. The number of carbonyl (C=O) groups is 1. The molecule has 3 rings (SSSR count). The van der Waals surface area contributed by atoms with Crippen molar-refractivity contribution >= 4 is 18.3 Å². The molecule has 0 saturated heterocycles. The molecule has 0 radical (unpaired) electrons. The number of carbonyl (C=O) groups excluding carboxylic acids is 1. The Morgan fingerprint density at radius 1 is 1.18 bits per heavy atom. The van der Waals surface area contributed by atoms with Crippen LogP contribution in [-0.4, -0.2) is 26.1 Å². The number of benzene rings is 2. The standard InChI is InChI=1S/C22H27FN2O2.ClH/c1-25-19-9-11-22(12-10-19,21(24)26)14-17-13-16(5-8-20(17)27-2)15-3-6-18(23)7-4-15;/h3-8,13,19,25H,9-12,14H2,1-2H3,(H2,24,26);1H. The quantitative estimate of drug-likeness (QED) is 0.759. The van der Waals surface area contributed by atoms with E-state index >= 15 is 0 Å². The molecule has 0 atom stereocenters. The Morgan fingerprint density at radius 2 is 1.79 bits per heavy atom. The Bertz CT molecular complexity index is 803. The highest BCUT2D eigenvalue weighted by atomic mass is 35.5. The summed E-state index contributed by atoms with van der Waals surface area (Å²) in [4.78, 5) is 12.4. The molecular weight excluding hydrogens is 379 g/mol. The molecule has 0 spiro atoms. The number of nitrogens with one attached hydrogen (secondary N) is 1. The second-order valence-corrected chi connectivity index (χ2v) is 7.42. The largest absolute Gasteiger partial charge is 0.496 e. The molecule has 1 fully saturated rings. The molecule has 28 heavy (non-hydrogen) atoms. The van der Waals surface area contributed by atoms with E-state index in [4.69, 9.17) is 10.5 Å². The van der Waals surface area contributed by atoms with E-state index in [1.807, 2.05) is 25.2 Å². The van der Waals surface area contributed by atoms with Gasteiger partial charge in [-0.05, 0) is 80.1 Å². The number of ether oxygens (including phenoxy) is 1. The first-order valence-corrected chi connectivity index (χ1v) is 9.37. The van der Waals surface area contributed by atoms with Crippen LogP contribution in [0.5, 0.6) is 5.75 Å². The molecule has 1 aliphatic carbocycles. The Balaban J connectivity index is 0.00000280. The highest BCUT2D eigenvalue weighted by Gasteiger charge is 2.40. The van der Waals surface area contributed by atoms with Gasteiger partial charge in [0.15, 0.2) is 0 Å². The van der Waals surface area contributed by atoms with Gasteiger partial charge in [-0.2, -0.15) is 0 Å². The number of hydrogen-bond donors (Lipinski definition) is 2. The Labute approximate surface area is 172 Å². The zero-order valence-corrected chi connectivity index (χ0v) is 17.2. The van der Waals surface area contributed by atoms with Crippen LogP contribution in [0.1, 0.15) is 31.2 Å². The second-order valence-electron chi connectivity index (χ2n) is 7.42. The van der Waals surface area contributed by atoms with Gasteiger partial charge in [0, 0.05) is 6.04 Å². The van der Waals surface area contributed by atoms with Crippen molar-refractivity contribution in [3.63, 3.8) is 0 Å². The number of nitrogens with two attached hydrogens (primary N) is 1. The van der Waals surface area contributed by atoms with Crippen LogP contribution in [0.2, 0.25) is 0 Å². The van der Waals surface area contributed by atoms with Crippen molar-refractivity contribution in [2.75, 3.05) is 14.2 Å². The third-order valence-electron chi connectivity index (χ3n) is 5.86. The topological polar surface area (TPSA) is 64.3 Å². The normalized spacial score (nSPS) is 21.6.